The second-order valence-corrected chi connectivity index (χ2v) is 7.04. The summed E-state index contributed by atoms with van der Waals surface area (Å²) in [6, 6.07) is -0.382. The monoisotopic (exact) mass is 395 g/mol. The van der Waals surface area contributed by atoms with Gasteiger partial charge in [0.2, 0.25) is 0 Å². The second-order valence-electron chi connectivity index (χ2n) is 7.04. The molecule has 0 aliphatic heterocycles. The van der Waals surface area contributed by atoms with Crippen LogP contribution in [0.3, 0.4) is 0 Å². The normalized spacial score (nSPS) is 18.7. The zero-order valence-corrected chi connectivity index (χ0v) is 16.4. The molecule has 27 heavy (non-hydrogen) atoms. The molecule has 0 aliphatic carbocycles. The molecule has 0 aromatic rings. The first-order valence-electron chi connectivity index (χ1n) is 9.86. The fourth-order valence-corrected chi connectivity index (χ4v) is 2.48. The van der Waals surface area contributed by atoms with E-state index in [2.05, 4.69) is 16.0 Å². The smallest absolute Gasteiger partial charge is 0.117 e. The van der Waals surface area contributed by atoms with Crippen LogP contribution in [0.25, 0.3) is 0 Å². The third-order valence-corrected chi connectivity index (χ3v) is 4.27. The van der Waals surface area contributed by atoms with Gasteiger partial charge in [-0.05, 0) is 71.4 Å². The van der Waals surface area contributed by atoms with Gasteiger partial charge in [0, 0.05) is 6.04 Å². The first-order chi connectivity index (χ1) is 12.7. The molecular weight excluding hydrogens is 354 g/mol. The number of nitrogens with one attached hydrogen (secondary N) is 3. The van der Waals surface area contributed by atoms with Crippen LogP contribution in [-0.4, -0.2) is 75.8 Å². The van der Waals surface area contributed by atoms with Crippen LogP contribution in [0.1, 0.15) is 58.3 Å². The molecule has 0 amide bonds. The largest absolute Gasteiger partial charge is 0.379 e. The highest BCUT2D eigenvalue weighted by Gasteiger charge is 2.13. The minimum absolute atomic E-state index is 0.382. The summed E-state index contributed by atoms with van der Waals surface area (Å²) in [6.45, 7) is 2.93. The number of unbranched alkanes of at least 4 members (excludes halogenated alkanes) is 2. The van der Waals surface area contributed by atoms with Gasteiger partial charge in [-0.25, -0.2) is 0 Å². The number of hydrogen-bond donors (Lipinski definition) is 10. The van der Waals surface area contributed by atoms with Gasteiger partial charge in [0.05, 0.1) is 0 Å². The average molecular weight is 396 g/mol. The lowest BCUT2D eigenvalue weighted by molar-refractivity contribution is 0.0661. The van der Waals surface area contributed by atoms with Crippen molar-refractivity contribution in [3.63, 3.8) is 0 Å². The Bertz CT molecular complexity index is 339. The number of aliphatic hydroxyl groups is 5. The first-order valence-corrected chi connectivity index (χ1v) is 9.86. The van der Waals surface area contributed by atoms with Gasteiger partial charge in [0.1, 0.15) is 31.1 Å². The van der Waals surface area contributed by atoms with E-state index in [1.54, 1.807) is 6.92 Å². The predicted molar refractivity (Wildman–Crippen MR) is 104 cm³/mol. The zero-order chi connectivity index (χ0) is 20.7. The van der Waals surface area contributed by atoms with Crippen LogP contribution in [0.15, 0.2) is 0 Å². The van der Waals surface area contributed by atoms with Gasteiger partial charge in [-0.1, -0.05) is 0 Å². The van der Waals surface area contributed by atoms with Crippen molar-refractivity contribution >= 4 is 0 Å². The molecule has 0 aliphatic rings. The third-order valence-electron chi connectivity index (χ3n) is 4.27. The average Bonchev–Trinajstić information content (AvgIpc) is 2.58. The van der Waals surface area contributed by atoms with Crippen LogP contribution in [0.2, 0.25) is 0 Å². The molecule has 164 valence electrons. The van der Waals surface area contributed by atoms with Crippen LogP contribution < -0.4 is 27.4 Å². The Kier molecular flexibility index (Phi) is 16.3. The standard InChI is InChI=1S/C17H41N5O5/c1-12(17(19)27)22-16(26)7-3-5-11-21-15(25)9-8-14(24)20-10-4-2-6-13(18)23/h12-17,20-27H,2-11,18-19H2,1H3/t12-,13?,14?,15?,16?,17?/m0/s1. The molecule has 10 nitrogen and oxygen atoms in total. The van der Waals surface area contributed by atoms with E-state index in [0.717, 1.165) is 25.7 Å². The molecule has 0 fully saturated rings. The van der Waals surface area contributed by atoms with Crippen molar-refractivity contribution in [2.45, 2.75) is 95.5 Å². The molecule has 5 unspecified atom stereocenters. The highest BCUT2D eigenvalue weighted by atomic mass is 16.3. The summed E-state index contributed by atoms with van der Waals surface area (Å²) in [4.78, 5) is 0. The summed E-state index contributed by atoms with van der Waals surface area (Å²) in [6.07, 6.45) is 1.17. The number of aliphatic hydroxyl groups excluding tert-OH is 5. The predicted octanol–water partition coefficient (Wildman–Crippen LogP) is -2.23. The summed E-state index contributed by atoms with van der Waals surface area (Å²) in [7, 11) is 0. The molecule has 6 atom stereocenters. The quantitative estimate of drug-likeness (QED) is 0.0898. The van der Waals surface area contributed by atoms with Gasteiger partial charge in [-0.3, -0.25) is 16.0 Å². The minimum atomic E-state index is -1.01. The van der Waals surface area contributed by atoms with Crippen molar-refractivity contribution in [1.29, 1.82) is 0 Å². The molecule has 0 aromatic carbocycles. The third kappa shape index (κ3) is 17.4. The SMILES string of the molecule is C[C@H](NC(O)CCCCNC(O)CCC(O)NCCCCC(N)O)C(N)O. The van der Waals surface area contributed by atoms with Gasteiger partial charge in [-0.15, -0.1) is 0 Å². The molecular formula is C17H41N5O5. The molecule has 0 heterocycles. The molecule has 0 rings (SSSR count). The van der Waals surface area contributed by atoms with Gasteiger partial charge in [-0.2, -0.15) is 0 Å². The van der Waals surface area contributed by atoms with Gasteiger partial charge in [0.25, 0.3) is 0 Å². The zero-order valence-electron chi connectivity index (χ0n) is 16.4. The summed E-state index contributed by atoms with van der Waals surface area (Å²) < 4.78 is 0. The van der Waals surface area contributed by atoms with Crippen LogP contribution in [-0.2, 0) is 0 Å². The molecule has 12 N–H and O–H groups in total. The van der Waals surface area contributed by atoms with Crippen molar-refractivity contribution in [3.8, 4) is 0 Å². The van der Waals surface area contributed by atoms with E-state index in [9.17, 15) is 15.3 Å². The molecule has 0 radical (unpaired) electrons. The highest BCUT2D eigenvalue weighted by molar-refractivity contribution is 4.68. The van der Waals surface area contributed by atoms with Crippen molar-refractivity contribution in [2.75, 3.05) is 13.1 Å². The fourth-order valence-electron chi connectivity index (χ4n) is 2.48. The Labute approximate surface area is 162 Å². The Balaban J connectivity index is 3.53. The lowest BCUT2D eigenvalue weighted by atomic mass is 10.2. The van der Waals surface area contributed by atoms with E-state index in [4.69, 9.17) is 21.7 Å². The van der Waals surface area contributed by atoms with Crippen LogP contribution in [0, 0.1) is 0 Å². The summed E-state index contributed by atoms with van der Waals surface area (Å²) in [5.41, 5.74) is 10.5. The lowest BCUT2D eigenvalue weighted by Gasteiger charge is -2.21. The van der Waals surface area contributed by atoms with E-state index in [0.29, 0.717) is 38.8 Å². The number of nitrogens with two attached hydrogens (primary N) is 2. The Hall–Kier alpha value is -0.400. The molecule has 0 spiro atoms. The van der Waals surface area contributed by atoms with Crippen LogP contribution in [0.5, 0.6) is 0 Å². The maximum Gasteiger partial charge on any atom is 0.117 e. The fraction of sp³-hybridized carbons (Fsp3) is 1.00. The lowest BCUT2D eigenvalue weighted by Crippen LogP contribution is -2.47. The van der Waals surface area contributed by atoms with Crippen molar-refractivity contribution < 1.29 is 25.5 Å². The van der Waals surface area contributed by atoms with E-state index >= 15 is 0 Å². The van der Waals surface area contributed by atoms with Crippen LogP contribution in [0.4, 0.5) is 0 Å². The van der Waals surface area contributed by atoms with Gasteiger partial charge < -0.3 is 37.0 Å². The molecule has 0 bridgehead atoms. The number of hydrogen-bond acceptors (Lipinski definition) is 10. The van der Waals surface area contributed by atoms with E-state index < -0.39 is 31.1 Å². The second kappa shape index (κ2) is 16.5. The van der Waals surface area contributed by atoms with E-state index in [1.165, 1.54) is 0 Å². The van der Waals surface area contributed by atoms with Crippen molar-refractivity contribution in [3.05, 3.63) is 0 Å². The van der Waals surface area contributed by atoms with E-state index in [1.807, 2.05) is 0 Å². The van der Waals surface area contributed by atoms with E-state index in [-0.39, 0.29) is 6.04 Å². The maximum absolute atomic E-state index is 9.86. The Morgan fingerprint density at radius 3 is 1.59 bits per heavy atom. The molecule has 0 saturated carbocycles. The van der Waals surface area contributed by atoms with Crippen molar-refractivity contribution in [2.24, 2.45) is 11.5 Å². The topological polar surface area (TPSA) is 189 Å². The molecule has 0 aromatic heterocycles. The maximum atomic E-state index is 9.86. The minimum Gasteiger partial charge on any atom is -0.379 e. The molecule has 10 heteroatoms. The van der Waals surface area contributed by atoms with Gasteiger partial charge in [0.15, 0.2) is 0 Å². The highest BCUT2D eigenvalue weighted by Crippen LogP contribution is 2.02. The summed E-state index contributed by atoms with van der Waals surface area (Å²) in [5, 5.41) is 56.2. The van der Waals surface area contributed by atoms with Gasteiger partial charge >= 0.3 is 0 Å². The summed E-state index contributed by atoms with van der Waals surface area (Å²) in [5.74, 6) is 0. The Morgan fingerprint density at radius 1 is 0.667 bits per heavy atom. The Morgan fingerprint density at radius 2 is 1.15 bits per heavy atom. The molecule has 0 saturated heterocycles. The number of rotatable bonds is 18. The summed E-state index contributed by atoms with van der Waals surface area (Å²) >= 11 is 0. The van der Waals surface area contributed by atoms with Crippen molar-refractivity contribution in [1.82, 2.24) is 16.0 Å². The van der Waals surface area contributed by atoms with Crippen LogP contribution >= 0.6 is 0 Å². The first kappa shape index (κ1) is 26.6.